The van der Waals surface area contributed by atoms with Crippen molar-refractivity contribution in [3.05, 3.63) is 64.2 Å². The molecule has 0 saturated heterocycles. The Morgan fingerprint density at radius 2 is 1.93 bits per heavy atom. The minimum absolute atomic E-state index is 0.0118. The van der Waals surface area contributed by atoms with E-state index in [9.17, 15) is 19.7 Å². The van der Waals surface area contributed by atoms with Crippen molar-refractivity contribution in [2.45, 2.75) is 11.3 Å². The molecule has 2 aromatic carbocycles. The van der Waals surface area contributed by atoms with Crippen LogP contribution in [0.15, 0.2) is 53.4 Å². The number of benzene rings is 2. The Kier molecular flexibility index (Phi) is 8.29. The van der Waals surface area contributed by atoms with Crippen molar-refractivity contribution < 1.29 is 19.2 Å². The second-order valence-corrected chi connectivity index (χ2v) is 6.85. The number of carbonyl (C=O) groups is 2. The lowest BCUT2D eigenvalue weighted by Crippen LogP contribution is -2.29. The molecule has 0 aliphatic carbocycles. The van der Waals surface area contributed by atoms with Gasteiger partial charge in [-0.25, -0.2) is 4.79 Å². The zero-order valence-electron chi connectivity index (χ0n) is 15.3. The molecule has 9 heteroatoms. The number of nitrogens with one attached hydrogen (secondary N) is 2. The van der Waals surface area contributed by atoms with Gasteiger partial charge in [0.1, 0.15) is 5.69 Å². The highest BCUT2D eigenvalue weighted by Gasteiger charge is 2.18. The monoisotopic (exact) mass is 403 g/mol. The van der Waals surface area contributed by atoms with Crippen LogP contribution in [0, 0.1) is 10.1 Å². The van der Waals surface area contributed by atoms with Gasteiger partial charge in [-0.15, -0.1) is 11.8 Å². The molecule has 148 valence electrons. The zero-order chi connectivity index (χ0) is 20.4. The number of esters is 1. The van der Waals surface area contributed by atoms with Crippen molar-refractivity contribution in [2.75, 3.05) is 31.3 Å². The number of thioether (sulfide) groups is 1. The third kappa shape index (κ3) is 6.58. The highest BCUT2D eigenvalue weighted by Crippen LogP contribution is 2.25. The summed E-state index contributed by atoms with van der Waals surface area (Å²) in [6, 6.07) is 13.9. The Hall–Kier alpha value is -3.07. The summed E-state index contributed by atoms with van der Waals surface area (Å²) in [6.07, 6.45) is 0.775. The van der Waals surface area contributed by atoms with Crippen LogP contribution < -0.4 is 10.6 Å². The molecule has 0 spiro atoms. The number of rotatable bonds is 10. The summed E-state index contributed by atoms with van der Waals surface area (Å²) >= 11 is 1.70. The SMILES string of the molecule is CNc1ccc(C(=O)OCC(=O)NCCCSc2ccccc2)cc1[N+](=O)[O-]. The molecule has 0 aromatic heterocycles. The Bertz CT molecular complexity index is 830. The van der Waals surface area contributed by atoms with E-state index in [4.69, 9.17) is 4.74 Å². The predicted octanol–water partition coefficient (Wildman–Crippen LogP) is 3.09. The molecule has 2 rings (SSSR count). The number of nitro groups is 1. The molecular formula is C19H21N3O5S. The van der Waals surface area contributed by atoms with E-state index in [0.29, 0.717) is 6.54 Å². The van der Waals surface area contributed by atoms with Crippen LogP contribution in [0.1, 0.15) is 16.8 Å². The molecule has 1 amide bonds. The van der Waals surface area contributed by atoms with Crippen LogP contribution in [-0.4, -0.2) is 42.8 Å². The number of nitro benzene ring substituents is 1. The molecule has 8 nitrogen and oxygen atoms in total. The van der Waals surface area contributed by atoms with Crippen molar-refractivity contribution in [2.24, 2.45) is 0 Å². The number of hydrogen-bond donors (Lipinski definition) is 2. The van der Waals surface area contributed by atoms with Crippen LogP contribution in [-0.2, 0) is 9.53 Å². The first-order valence-electron chi connectivity index (χ1n) is 8.59. The third-order valence-electron chi connectivity index (χ3n) is 3.69. The summed E-state index contributed by atoms with van der Waals surface area (Å²) in [5, 5.41) is 16.4. The largest absolute Gasteiger partial charge is 0.452 e. The zero-order valence-corrected chi connectivity index (χ0v) is 16.2. The predicted molar refractivity (Wildman–Crippen MR) is 108 cm³/mol. The van der Waals surface area contributed by atoms with Crippen LogP contribution in [0.2, 0.25) is 0 Å². The van der Waals surface area contributed by atoms with Gasteiger partial charge >= 0.3 is 5.97 Å². The second-order valence-electron chi connectivity index (χ2n) is 5.68. The Labute approximate surface area is 166 Å². The fraction of sp³-hybridized carbons (Fsp3) is 0.263. The van der Waals surface area contributed by atoms with Gasteiger partial charge in [0.25, 0.3) is 11.6 Å². The number of carbonyl (C=O) groups excluding carboxylic acids is 2. The van der Waals surface area contributed by atoms with Crippen LogP contribution in [0.4, 0.5) is 11.4 Å². The van der Waals surface area contributed by atoms with Crippen molar-refractivity contribution in [1.82, 2.24) is 5.32 Å². The van der Waals surface area contributed by atoms with E-state index in [2.05, 4.69) is 10.6 Å². The Morgan fingerprint density at radius 3 is 2.61 bits per heavy atom. The lowest BCUT2D eigenvalue weighted by atomic mass is 10.1. The highest BCUT2D eigenvalue weighted by molar-refractivity contribution is 7.99. The van der Waals surface area contributed by atoms with Crippen LogP contribution in [0.5, 0.6) is 0 Å². The topological polar surface area (TPSA) is 111 Å². The van der Waals surface area contributed by atoms with E-state index in [0.717, 1.165) is 18.2 Å². The van der Waals surface area contributed by atoms with E-state index < -0.39 is 23.4 Å². The molecule has 2 aromatic rings. The average molecular weight is 403 g/mol. The van der Waals surface area contributed by atoms with Gasteiger partial charge < -0.3 is 15.4 Å². The first kappa shape index (κ1) is 21.2. The smallest absolute Gasteiger partial charge is 0.338 e. The molecule has 2 N–H and O–H groups in total. The fourth-order valence-electron chi connectivity index (χ4n) is 2.29. The van der Waals surface area contributed by atoms with Crippen LogP contribution >= 0.6 is 11.8 Å². The first-order valence-corrected chi connectivity index (χ1v) is 9.57. The van der Waals surface area contributed by atoms with Crippen molar-refractivity contribution in [3.8, 4) is 0 Å². The normalized spacial score (nSPS) is 10.2. The standard InChI is InChI=1S/C19H21N3O5S/c1-20-16-9-8-14(12-17(16)22(25)26)19(24)27-13-18(23)21-10-5-11-28-15-6-3-2-4-7-15/h2-4,6-9,12,20H,5,10-11,13H2,1H3,(H,21,23). The molecule has 0 atom stereocenters. The number of nitrogens with zero attached hydrogens (tertiary/aromatic N) is 1. The van der Waals surface area contributed by atoms with Crippen molar-refractivity contribution in [1.29, 1.82) is 0 Å². The molecular weight excluding hydrogens is 382 g/mol. The Morgan fingerprint density at radius 1 is 1.18 bits per heavy atom. The van der Waals surface area contributed by atoms with Gasteiger partial charge in [0.2, 0.25) is 0 Å². The number of hydrogen-bond acceptors (Lipinski definition) is 7. The molecule has 0 heterocycles. The van der Waals surface area contributed by atoms with Gasteiger partial charge in [-0.2, -0.15) is 0 Å². The number of amides is 1. The lowest BCUT2D eigenvalue weighted by molar-refractivity contribution is -0.384. The maximum absolute atomic E-state index is 12.0. The van der Waals surface area contributed by atoms with Crippen LogP contribution in [0.25, 0.3) is 0 Å². The van der Waals surface area contributed by atoms with E-state index in [-0.39, 0.29) is 16.9 Å². The van der Waals surface area contributed by atoms with Crippen molar-refractivity contribution >= 4 is 35.0 Å². The maximum Gasteiger partial charge on any atom is 0.338 e. The molecule has 0 aliphatic rings. The molecule has 0 unspecified atom stereocenters. The summed E-state index contributed by atoms with van der Waals surface area (Å²) < 4.78 is 4.93. The van der Waals surface area contributed by atoms with Gasteiger partial charge in [0.15, 0.2) is 6.61 Å². The van der Waals surface area contributed by atoms with E-state index in [1.807, 2.05) is 30.3 Å². The van der Waals surface area contributed by atoms with Gasteiger partial charge in [0, 0.05) is 24.6 Å². The minimum atomic E-state index is -0.791. The molecule has 0 saturated carbocycles. The average Bonchev–Trinajstić information content (AvgIpc) is 2.71. The third-order valence-corrected chi connectivity index (χ3v) is 4.79. The summed E-state index contributed by atoms with van der Waals surface area (Å²) in [6.45, 7) is 0.0325. The van der Waals surface area contributed by atoms with Gasteiger partial charge in [-0.1, -0.05) is 18.2 Å². The van der Waals surface area contributed by atoms with Crippen LogP contribution in [0.3, 0.4) is 0 Å². The van der Waals surface area contributed by atoms with Gasteiger partial charge in [0.05, 0.1) is 10.5 Å². The number of ether oxygens (including phenoxy) is 1. The maximum atomic E-state index is 12.0. The molecule has 0 bridgehead atoms. The molecule has 0 radical (unpaired) electrons. The summed E-state index contributed by atoms with van der Waals surface area (Å²) in [7, 11) is 1.54. The van der Waals surface area contributed by atoms with E-state index in [1.165, 1.54) is 17.0 Å². The second kappa shape index (κ2) is 10.9. The van der Waals surface area contributed by atoms with E-state index in [1.54, 1.807) is 18.8 Å². The fourth-order valence-corrected chi connectivity index (χ4v) is 3.17. The number of anilines is 1. The minimum Gasteiger partial charge on any atom is -0.452 e. The van der Waals surface area contributed by atoms with Crippen molar-refractivity contribution in [3.63, 3.8) is 0 Å². The molecule has 28 heavy (non-hydrogen) atoms. The summed E-state index contributed by atoms with van der Waals surface area (Å²) in [5.41, 5.74) is 0.0581. The first-order chi connectivity index (χ1) is 13.5. The quantitative estimate of drug-likeness (QED) is 0.206. The van der Waals surface area contributed by atoms with Gasteiger partial charge in [-0.3, -0.25) is 14.9 Å². The summed E-state index contributed by atoms with van der Waals surface area (Å²) in [4.78, 5) is 35.4. The lowest BCUT2D eigenvalue weighted by Gasteiger charge is -2.08. The Balaban J connectivity index is 1.71. The van der Waals surface area contributed by atoms with Gasteiger partial charge in [-0.05, 0) is 36.4 Å². The highest BCUT2D eigenvalue weighted by atomic mass is 32.2. The van der Waals surface area contributed by atoms with E-state index >= 15 is 0 Å². The molecule has 0 fully saturated rings. The molecule has 0 aliphatic heterocycles. The summed E-state index contributed by atoms with van der Waals surface area (Å²) in [5.74, 6) is -0.356.